The van der Waals surface area contributed by atoms with Gasteiger partial charge in [-0.3, -0.25) is 19.4 Å². The zero-order valence-corrected chi connectivity index (χ0v) is 18.6. The smallest absolute Gasteiger partial charge is 0.326 e. The number of guanidine groups is 1. The number of thioether (sulfide) groups is 1. The molecule has 14 nitrogen and oxygen atoms in total. The van der Waals surface area contributed by atoms with Gasteiger partial charge in [0.25, 0.3) is 0 Å². The molecule has 0 aliphatic heterocycles. The van der Waals surface area contributed by atoms with Crippen molar-refractivity contribution in [1.82, 2.24) is 16.0 Å². The predicted octanol–water partition coefficient (Wildman–Crippen LogP) is -4.36. The summed E-state index contributed by atoms with van der Waals surface area (Å²) in [7, 11) is 0. The third-order valence-corrected chi connectivity index (χ3v) is 4.80. The number of nitrogens with zero attached hydrogens (tertiary/aromatic N) is 1. The topological polar surface area (TPSA) is 255 Å². The Kier molecular flexibility index (Phi) is 14.8. The van der Waals surface area contributed by atoms with E-state index in [0.29, 0.717) is 12.2 Å². The second kappa shape index (κ2) is 16.1. The first-order chi connectivity index (χ1) is 15.1. The minimum absolute atomic E-state index is 0.00674. The van der Waals surface area contributed by atoms with Crippen LogP contribution in [0.2, 0.25) is 0 Å². The molecule has 0 aromatic rings. The predicted molar refractivity (Wildman–Crippen MR) is 118 cm³/mol. The fourth-order valence-corrected chi connectivity index (χ4v) is 2.84. The second-order valence-corrected chi connectivity index (χ2v) is 7.71. The van der Waals surface area contributed by atoms with Crippen LogP contribution in [0, 0.1) is 0 Å². The summed E-state index contributed by atoms with van der Waals surface area (Å²) in [5, 5.41) is 34.8. The highest BCUT2D eigenvalue weighted by Gasteiger charge is 2.29. The van der Waals surface area contributed by atoms with Crippen molar-refractivity contribution in [2.45, 2.75) is 43.4 Å². The first kappa shape index (κ1) is 29.4. The monoisotopic (exact) mass is 479 g/mol. The first-order valence-corrected chi connectivity index (χ1v) is 11.1. The quantitative estimate of drug-likeness (QED) is 0.0580. The van der Waals surface area contributed by atoms with Gasteiger partial charge in [-0.1, -0.05) is 0 Å². The van der Waals surface area contributed by atoms with E-state index in [-0.39, 0.29) is 25.3 Å². The summed E-state index contributed by atoms with van der Waals surface area (Å²) in [6.07, 6.45) is 2.44. The molecule has 32 heavy (non-hydrogen) atoms. The number of rotatable bonds is 16. The Morgan fingerprint density at radius 1 is 0.906 bits per heavy atom. The third-order valence-electron chi connectivity index (χ3n) is 4.16. The lowest BCUT2D eigenvalue weighted by atomic mass is 10.1. The largest absolute Gasteiger partial charge is 0.480 e. The molecule has 0 aliphatic carbocycles. The molecule has 184 valence electrons. The Bertz CT molecular complexity index is 661. The number of aliphatic carboxylic acids is 1. The van der Waals surface area contributed by atoms with Crippen molar-refractivity contribution < 1.29 is 34.5 Å². The Hall–Kier alpha value is -2.62. The van der Waals surface area contributed by atoms with E-state index in [4.69, 9.17) is 17.2 Å². The number of hydrogen-bond acceptors (Lipinski definition) is 9. The molecule has 0 radical (unpaired) electrons. The molecule has 0 spiro atoms. The maximum Gasteiger partial charge on any atom is 0.326 e. The number of aliphatic hydroxyl groups excluding tert-OH is 2. The van der Waals surface area contributed by atoms with Crippen LogP contribution in [0.5, 0.6) is 0 Å². The van der Waals surface area contributed by atoms with E-state index in [9.17, 15) is 34.5 Å². The number of carbonyl (C=O) groups is 4. The van der Waals surface area contributed by atoms with Crippen molar-refractivity contribution in [3.8, 4) is 0 Å². The van der Waals surface area contributed by atoms with Crippen LogP contribution in [0.4, 0.5) is 0 Å². The van der Waals surface area contributed by atoms with Gasteiger partial charge in [-0.25, -0.2) is 4.79 Å². The summed E-state index contributed by atoms with van der Waals surface area (Å²) >= 11 is 1.49. The summed E-state index contributed by atoms with van der Waals surface area (Å²) in [6.45, 7) is -1.48. The molecule has 0 rings (SSSR count). The average molecular weight is 480 g/mol. The van der Waals surface area contributed by atoms with Gasteiger partial charge in [0.15, 0.2) is 5.96 Å². The van der Waals surface area contributed by atoms with Gasteiger partial charge >= 0.3 is 5.97 Å². The average Bonchev–Trinajstić information content (AvgIpc) is 2.74. The van der Waals surface area contributed by atoms with E-state index in [1.54, 1.807) is 0 Å². The van der Waals surface area contributed by atoms with Crippen molar-refractivity contribution in [3.63, 3.8) is 0 Å². The number of amides is 3. The summed E-state index contributed by atoms with van der Waals surface area (Å²) in [4.78, 5) is 51.8. The van der Waals surface area contributed by atoms with E-state index in [2.05, 4.69) is 20.9 Å². The van der Waals surface area contributed by atoms with Crippen molar-refractivity contribution >= 4 is 41.4 Å². The van der Waals surface area contributed by atoms with Gasteiger partial charge in [0, 0.05) is 6.54 Å². The molecule has 0 bridgehead atoms. The Morgan fingerprint density at radius 3 is 1.84 bits per heavy atom. The van der Waals surface area contributed by atoms with Gasteiger partial charge in [0.05, 0.1) is 19.3 Å². The molecule has 0 heterocycles. The number of nitrogens with two attached hydrogens (primary N) is 3. The van der Waals surface area contributed by atoms with Gasteiger partial charge in [-0.05, 0) is 31.3 Å². The van der Waals surface area contributed by atoms with Gasteiger partial charge in [-0.15, -0.1) is 0 Å². The third kappa shape index (κ3) is 11.7. The molecule has 0 aromatic carbocycles. The van der Waals surface area contributed by atoms with Crippen molar-refractivity contribution in [2.24, 2.45) is 22.2 Å². The maximum absolute atomic E-state index is 12.3. The summed E-state index contributed by atoms with van der Waals surface area (Å²) in [6, 6.07) is -5.14. The lowest BCUT2D eigenvalue weighted by Gasteiger charge is -2.23. The number of carbonyl (C=O) groups excluding carboxylic acids is 3. The fourth-order valence-electron chi connectivity index (χ4n) is 2.35. The van der Waals surface area contributed by atoms with Crippen LogP contribution in [0.25, 0.3) is 0 Å². The van der Waals surface area contributed by atoms with Gasteiger partial charge < -0.3 is 48.5 Å². The first-order valence-electron chi connectivity index (χ1n) is 9.72. The van der Waals surface area contributed by atoms with Crippen molar-refractivity contribution in [1.29, 1.82) is 0 Å². The summed E-state index contributed by atoms with van der Waals surface area (Å²) < 4.78 is 0. The minimum Gasteiger partial charge on any atom is -0.480 e. The number of nitrogens with one attached hydrogen (secondary N) is 3. The Balaban J connectivity index is 4.92. The van der Waals surface area contributed by atoms with Crippen LogP contribution < -0.4 is 33.2 Å². The number of carboxylic acids is 1. The maximum atomic E-state index is 12.3. The highest BCUT2D eigenvalue weighted by molar-refractivity contribution is 7.98. The molecule has 12 N–H and O–H groups in total. The standard InChI is InChI=1S/C17H33N7O7S/c1-32-6-4-9(18)13(27)23-11(7-25)15(29)24-12(8-26)14(28)22-10(16(30)31)3-2-5-21-17(19)20/h9-12,25-26H,2-8,18H2,1H3,(H,22,28)(H,23,27)(H,24,29)(H,30,31)(H4,19,20,21). The molecule has 0 saturated carbocycles. The molecule has 0 saturated heterocycles. The van der Waals surface area contributed by atoms with Crippen LogP contribution in [0.15, 0.2) is 4.99 Å². The molecular formula is C17H33N7O7S. The van der Waals surface area contributed by atoms with Crippen LogP contribution >= 0.6 is 11.8 Å². The highest BCUT2D eigenvalue weighted by Crippen LogP contribution is 2.01. The second-order valence-electron chi connectivity index (χ2n) is 6.72. The van der Waals surface area contributed by atoms with Gasteiger partial charge in [0.1, 0.15) is 18.1 Å². The van der Waals surface area contributed by atoms with Gasteiger partial charge in [-0.2, -0.15) is 11.8 Å². The van der Waals surface area contributed by atoms with Gasteiger partial charge in [0.2, 0.25) is 17.7 Å². The zero-order chi connectivity index (χ0) is 24.7. The number of hydrogen-bond donors (Lipinski definition) is 9. The SMILES string of the molecule is CSCCC(N)C(=O)NC(CO)C(=O)NC(CO)C(=O)NC(CCCN=C(N)N)C(=O)O. The van der Waals surface area contributed by atoms with Crippen LogP contribution in [0.1, 0.15) is 19.3 Å². The number of aliphatic imine (C=N–C) groups is 1. The number of carboxylic acid groups (broad SMARTS) is 1. The van der Waals surface area contributed by atoms with Crippen LogP contribution in [0.3, 0.4) is 0 Å². The summed E-state index contributed by atoms with van der Waals surface area (Å²) in [5.74, 6) is -3.44. The zero-order valence-electron chi connectivity index (χ0n) is 17.8. The molecule has 15 heteroatoms. The van der Waals surface area contributed by atoms with Crippen LogP contribution in [-0.2, 0) is 19.2 Å². The molecule has 3 amide bonds. The van der Waals surface area contributed by atoms with E-state index in [1.807, 2.05) is 6.26 Å². The highest BCUT2D eigenvalue weighted by atomic mass is 32.2. The number of aliphatic hydroxyl groups is 2. The summed E-state index contributed by atoms with van der Waals surface area (Å²) in [5.41, 5.74) is 16.1. The van der Waals surface area contributed by atoms with E-state index in [1.165, 1.54) is 11.8 Å². The van der Waals surface area contributed by atoms with E-state index >= 15 is 0 Å². The van der Waals surface area contributed by atoms with E-state index in [0.717, 1.165) is 0 Å². The lowest BCUT2D eigenvalue weighted by Crippen LogP contribution is -2.59. The van der Waals surface area contributed by atoms with E-state index < -0.39 is 61.1 Å². The molecule has 4 unspecified atom stereocenters. The minimum atomic E-state index is -1.52. The van der Waals surface area contributed by atoms with Crippen molar-refractivity contribution in [3.05, 3.63) is 0 Å². The van der Waals surface area contributed by atoms with Crippen molar-refractivity contribution in [2.75, 3.05) is 31.8 Å². The molecule has 0 aromatic heterocycles. The Labute approximate surface area is 189 Å². The molecule has 0 fully saturated rings. The van der Waals surface area contributed by atoms with Crippen LogP contribution in [-0.4, -0.2) is 101 Å². The fraction of sp³-hybridized carbons (Fsp3) is 0.706. The molecule has 0 aliphatic rings. The lowest BCUT2D eigenvalue weighted by molar-refractivity contribution is -0.142. The normalized spacial score (nSPS) is 14.4. The molecule has 4 atom stereocenters. The molecular weight excluding hydrogens is 446 g/mol. The Morgan fingerprint density at radius 2 is 1.41 bits per heavy atom.